The SMILES string of the molecule is Cc1cc(C(=O)CSc2n[nH]c(-c3ccccc3)n2)c(C)n1Cc1ccccc1. The Morgan fingerprint density at radius 2 is 1.72 bits per heavy atom. The van der Waals surface area contributed by atoms with Gasteiger partial charge in [0.25, 0.3) is 0 Å². The van der Waals surface area contributed by atoms with Gasteiger partial charge < -0.3 is 4.57 Å². The number of nitrogens with one attached hydrogen (secondary N) is 1. The summed E-state index contributed by atoms with van der Waals surface area (Å²) in [6.07, 6.45) is 0. The summed E-state index contributed by atoms with van der Waals surface area (Å²) < 4.78 is 2.19. The van der Waals surface area contributed by atoms with E-state index in [1.54, 1.807) is 0 Å². The van der Waals surface area contributed by atoms with Gasteiger partial charge in [-0.1, -0.05) is 72.4 Å². The van der Waals surface area contributed by atoms with E-state index in [-0.39, 0.29) is 5.78 Å². The molecule has 4 aromatic rings. The second-order valence-electron chi connectivity index (χ2n) is 6.90. The van der Waals surface area contributed by atoms with E-state index in [1.165, 1.54) is 17.3 Å². The Bertz CT molecular complexity index is 1120. The summed E-state index contributed by atoms with van der Waals surface area (Å²) in [4.78, 5) is 17.3. The summed E-state index contributed by atoms with van der Waals surface area (Å²) in [6, 6.07) is 22.1. The average Bonchev–Trinajstić information content (AvgIpc) is 3.34. The number of hydrogen-bond acceptors (Lipinski definition) is 4. The van der Waals surface area contributed by atoms with Crippen LogP contribution in [0.25, 0.3) is 11.4 Å². The molecule has 0 bridgehead atoms. The summed E-state index contributed by atoms with van der Waals surface area (Å²) in [7, 11) is 0. The summed E-state index contributed by atoms with van der Waals surface area (Å²) in [5.41, 5.74) is 5.05. The molecule has 4 rings (SSSR count). The maximum absolute atomic E-state index is 12.8. The van der Waals surface area contributed by atoms with Crippen LogP contribution in [0, 0.1) is 13.8 Å². The number of Topliss-reactive ketones (excluding diaryl/α,β-unsaturated/α-hetero) is 1. The second-order valence-corrected chi connectivity index (χ2v) is 7.84. The standard InChI is InChI=1S/C23H22N4OS/c1-16-13-20(17(2)27(16)14-18-9-5-3-6-10-18)21(28)15-29-23-24-22(25-26-23)19-11-7-4-8-12-19/h3-13H,14-15H2,1-2H3,(H,24,25,26). The lowest BCUT2D eigenvalue weighted by Crippen LogP contribution is -2.07. The van der Waals surface area contributed by atoms with Crippen molar-refractivity contribution in [1.82, 2.24) is 19.7 Å². The number of hydrogen-bond donors (Lipinski definition) is 1. The van der Waals surface area contributed by atoms with Gasteiger partial charge in [-0.2, -0.15) is 0 Å². The van der Waals surface area contributed by atoms with Crippen LogP contribution in [-0.4, -0.2) is 31.3 Å². The van der Waals surface area contributed by atoms with Crippen LogP contribution in [0.15, 0.2) is 71.9 Å². The maximum atomic E-state index is 12.8. The zero-order chi connectivity index (χ0) is 20.2. The molecular weight excluding hydrogens is 380 g/mol. The zero-order valence-electron chi connectivity index (χ0n) is 16.4. The van der Waals surface area contributed by atoms with Gasteiger partial charge >= 0.3 is 0 Å². The Hall–Kier alpha value is -3.12. The molecule has 0 amide bonds. The summed E-state index contributed by atoms with van der Waals surface area (Å²) in [5.74, 6) is 1.11. The quantitative estimate of drug-likeness (QED) is 0.352. The van der Waals surface area contributed by atoms with Crippen molar-refractivity contribution in [3.63, 3.8) is 0 Å². The number of ketones is 1. The summed E-state index contributed by atoms with van der Waals surface area (Å²) in [5, 5.41) is 7.75. The molecule has 6 heteroatoms. The number of carbonyl (C=O) groups is 1. The average molecular weight is 403 g/mol. The number of H-pyrrole nitrogens is 1. The molecule has 0 saturated heterocycles. The zero-order valence-corrected chi connectivity index (χ0v) is 17.2. The predicted molar refractivity (Wildman–Crippen MR) is 116 cm³/mol. The molecule has 0 unspecified atom stereocenters. The van der Waals surface area contributed by atoms with E-state index in [4.69, 9.17) is 0 Å². The van der Waals surface area contributed by atoms with Gasteiger partial charge in [-0.05, 0) is 25.5 Å². The molecule has 0 aliphatic carbocycles. The first-order chi connectivity index (χ1) is 14.1. The highest BCUT2D eigenvalue weighted by Crippen LogP contribution is 2.22. The first-order valence-electron chi connectivity index (χ1n) is 9.46. The van der Waals surface area contributed by atoms with Gasteiger partial charge in [0.1, 0.15) is 0 Å². The first kappa shape index (κ1) is 19.2. The third-order valence-electron chi connectivity index (χ3n) is 4.90. The minimum Gasteiger partial charge on any atom is -0.344 e. The molecule has 2 aromatic heterocycles. The molecule has 146 valence electrons. The fourth-order valence-electron chi connectivity index (χ4n) is 3.34. The lowest BCUT2D eigenvalue weighted by atomic mass is 10.2. The van der Waals surface area contributed by atoms with Gasteiger partial charge in [0, 0.05) is 29.1 Å². The molecule has 1 N–H and O–H groups in total. The van der Waals surface area contributed by atoms with E-state index in [1.807, 2.05) is 68.4 Å². The van der Waals surface area contributed by atoms with Crippen molar-refractivity contribution in [2.45, 2.75) is 25.5 Å². The molecule has 0 aliphatic heterocycles. The van der Waals surface area contributed by atoms with Gasteiger partial charge in [0.2, 0.25) is 5.16 Å². The largest absolute Gasteiger partial charge is 0.344 e. The molecule has 0 atom stereocenters. The summed E-state index contributed by atoms with van der Waals surface area (Å²) >= 11 is 1.35. The van der Waals surface area contributed by atoms with Crippen molar-refractivity contribution in [3.8, 4) is 11.4 Å². The van der Waals surface area contributed by atoms with E-state index in [2.05, 4.69) is 31.9 Å². The van der Waals surface area contributed by atoms with E-state index in [9.17, 15) is 4.79 Å². The minimum atomic E-state index is 0.0912. The minimum absolute atomic E-state index is 0.0912. The fraction of sp³-hybridized carbons (Fsp3) is 0.174. The van der Waals surface area contributed by atoms with E-state index in [0.717, 1.165) is 29.1 Å². The molecule has 0 fully saturated rings. The van der Waals surface area contributed by atoms with Crippen LogP contribution in [0.5, 0.6) is 0 Å². The Labute approximate surface area is 174 Å². The van der Waals surface area contributed by atoms with Crippen molar-refractivity contribution < 1.29 is 4.79 Å². The highest BCUT2D eigenvalue weighted by Gasteiger charge is 2.17. The number of aryl methyl sites for hydroxylation is 1. The molecule has 0 spiro atoms. The van der Waals surface area contributed by atoms with E-state index in [0.29, 0.717) is 16.7 Å². The predicted octanol–water partition coefficient (Wildman–Crippen LogP) is 4.91. The van der Waals surface area contributed by atoms with E-state index >= 15 is 0 Å². The number of aromatic nitrogens is 4. The number of thioether (sulfide) groups is 1. The number of rotatable bonds is 7. The number of benzene rings is 2. The Morgan fingerprint density at radius 1 is 1.03 bits per heavy atom. The van der Waals surface area contributed by atoms with Crippen LogP contribution in [-0.2, 0) is 6.54 Å². The van der Waals surface area contributed by atoms with Crippen LogP contribution >= 0.6 is 11.8 Å². The van der Waals surface area contributed by atoms with Gasteiger partial charge in [0.05, 0.1) is 5.75 Å². The van der Waals surface area contributed by atoms with Gasteiger partial charge in [-0.15, -0.1) is 5.10 Å². The third kappa shape index (κ3) is 4.32. The molecule has 2 heterocycles. The number of aromatic amines is 1. The van der Waals surface area contributed by atoms with Crippen molar-refractivity contribution >= 4 is 17.5 Å². The Kier molecular flexibility index (Phi) is 5.62. The monoisotopic (exact) mass is 402 g/mol. The second kappa shape index (κ2) is 8.49. The van der Waals surface area contributed by atoms with Crippen molar-refractivity contribution in [2.24, 2.45) is 0 Å². The topological polar surface area (TPSA) is 63.6 Å². The van der Waals surface area contributed by atoms with Crippen LogP contribution in [0.3, 0.4) is 0 Å². The van der Waals surface area contributed by atoms with Crippen LogP contribution in [0.4, 0.5) is 0 Å². The lowest BCUT2D eigenvalue weighted by molar-refractivity contribution is 0.102. The highest BCUT2D eigenvalue weighted by molar-refractivity contribution is 7.99. The molecule has 0 aliphatic rings. The smallest absolute Gasteiger partial charge is 0.209 e. The van der Waals surface area contributed by atoms with Gasteiger partial charge in [0.15, 0.2) is 11.6 Å². The van der Waals surface area contributed by atoms with Gasteiger partial charge in [-0.25, -0.2) is 4.98 Å². The maximum Gasteiger partial charge on any atom is 0.209 e. The van der Waals surface area contributed by atoms with Crippen molar-refractivity contribution in [3.05, 3.63) is 89.2 Å². The lowest BCUT2D eigenvalue weighted by Gasteiger charge is -2.09. The number of nitrogens with zero attached hydrogens (tertiary/aromatic N) is 3. The number of carbonyl (C=O) groups excluding carboxylic acids is 1. The Morgan fingerprint density at radius 3 is 2.45 bits per heavy atom. The molecule has 29 heavy (non-hydrogen) atoms. The van der Waals surface area contributed by atoms with Crippen molar-refractivity contribution in [2.75, 3.05) is 5.75 Å². The molecule has 0 radical (unpaired) electrons. The molecule has 2 aromatic carbocycles. The van der Waals surface area contributed by atoms with E-state index < -0.39 is 0 Å². The summed E-state index contributed by atoms with van der Waals surface area (Å²) in [6.45, 7) is 4.82. The first-order valence-corrected chi connectivity index (χ1v) is 10.4. The van der Waals surface area contributed by atoms with Gasteiger partial charge in [-0.3, -0.25) is 9.89 Å². The molecule has 5 nitrogen and oxygen atoms in total. The third-order valence-corrected chi connectivity index (χ3v) is 5.75. The van der Waals surface area contributed by atoms with Crippen LogP contribution < -0.4 is 0 Å². The molecular formula is C23H22N4OS. The van der Waals surface area contributed by atoms with Crippen LogP contribution in [0.2, 0.25) is 0 Å². The van der Waals surface area contributed by atoms with Crippen LogP contribution in [0.1, 0.15) is 27.3 Å². The highest BCUT2D eigenvalue weighted by atomic mass is 32.2. The fourth-order valence-corrected chi connectivity index (χ4v) is 4.02. The Balaban J connectivity index is 1.44. The van der Waals surface area contributed by atoms with Crippen molar-refractivity contribution in [1.29, 1.82) is 0 Å². The normalized spacial score (nSPS) is 11.0. The molecule has 0 saturated carbocycles.